The van der Waals surface area contributed by atoms with E-state index in [1.165, 1.54) is 11.3 Å². The van der Waals surface area contributed by atoms with E-state index in [4.69, 9.17) is 4.74 Å². The number of carbonyl (C=O) groups excluding carboxylic acids is 3. The minimum atomic E-state index is -0.378. The van der Waals surface area contributed by atoms with Crippen molar-refractivity contribution in [1.29, 1.82) is 0 Å². The molecule has 2 aromatic rings. The molecule has 26 heavy (non-hydrogen) atoms. The van der Waals surface area contributed by atoms with E-state index < -0.39 is 0 Å². The van der Waals surface area contributed by atoms with Gasteiger partial charge in [0.05, 0.1) is 10.8 Å². The van der Waals surface area contributed by atoms with Gasteiger partial charge in [-0.2, -0.15) is 0 Å². The molecule has 1 aromatic heterocycles. The number of ether oxygens (including phenoxy) is 1. The largest absolute Gasteiger partial charge is 0.455 e. The number of para-hydroxylation sites is 1. The summed E-state index contributed by atoms with van der Waals surface area (Å²) in [4.78, 5) is 38.8. The van der Waals surface area contributed by atoms with Gasteiger partial charge in [0, 0.05) is 18.8 Å². The number of anilines is 1. The van der Waals surface area contributed by atoms with Crippen molar-refractivity contribution in [1.82, 2.24) is 4.90 Å². The third kappa shape index (κ3) is 4.70. The van der Waals surface area contributed by atoms with Crippen LogP contribution in [0.1, 0.15) is 22.5 Å². The molecule has 0 aliphatic carbocycles. The number of nitrogens with one attached hydrogen (secondary N) is 1. The molecule has 136 valence electrons. The Morgan fingerprint density at radius 3 is 2.46 bits per heavy atom. The maximum atomic E-state index is 12.3. The highest BCUT2D eigenvalue weighted by atomic mass is 32.1. The molecular formula is C19H20N2O4S. The molecule has 3 rings (SSSR count). The molecule has 2 amide bonds. The first-order chi connectivity index (χ1) is 12.6. The molecule has 1 aromatic carbocycles. The van der Waals surface area contributed by atoms with Crippen molar-refractivity contribution in [2.24, 2.45) is 5.92 Å². The highest BCUT2D eigenvalue weighted by Gasteiger charge is 2.29. The lowest BCUT2D eigenvalue weighted by Gasteiger charge is -2.30. The zero-order chi connectivity index (χ0) is 18.4. The third-order valence-electron chi connectivity index (χ3n) is 4.25. The SMILES string of the molecule is O=C(COC(=O)C1CCN(C(=O)c2cccs2)CC1)Nc1ccccc1. The van der Waals surface area contributed by atoms with Gasteiger partial charge >= 0.3 is 5.97 Å². The Hall–Kier alpha value is -2.67. The summed E-state index contributed by atoms with van der Waals surface area (Å²) in [6.07, 6.45) is 1.10. The number of benzene rings is 1. The van der Waals surface area contributed by atoms with Crippen LogP contribution in [0.2, 0.25) is 0 Å². The zero-order valence-electron chi connectivity index (χ0n) is 14.2. The van der Waals surface area contributed by atoms with Gasteiger partial charge in [-0.05, 0) is 36.4 Å². The Morgan fingerprint density at radius 1 is 1.08 bits per heavy atom. The summed E-state index contributed by atoms with van der Waals surface area (Å²) in [5, 5.41) is 4.54. The molecule has 0 bridgehead atoms. The molecule has 0 atom stereocenters. The van der Waals surface area contributed by atoms with Crippen molar-refractivity contribution in [3.05, 3.63) is 52.7 Å². The Balaban J connectivity index is 1.41. The number of rotatable bonds is 5. The van der Waals surface area contributed by atoms with Gasteiger partial charge in [0.25, 0.3) is 11.8 Å². The Morgan fingerprint density at radius 2 is 1.81 bits per heavy atom. The normalized spacial score (nSPS) is 14.7. The van der Waals surface area contributed by atoms with Crippen LogP contribution in [0.25, 0.3) is 0 Å². The van der Waals surface area contributed by atoms with Gasteiger partial charge in [0.1, 0.15) is 0 Å². The summed E-state index contributed by atoms with van der Waals surface area (Å²) in [5.41, 5.74) is 0.661. The number of nitrogens with zero attached hydrogens (tertiary/aromatic N) is 1. The van der Waals surface area contributed by atoms with E-state index in [1.54, 1.807) is 23.1 Å². The van der Waals surface area contributed by atoms with Crippen LogP contribution in [0.5, 0.6) is 0 Å². The van der Waals surface area contributed by atoms with Crippen molar-refractivity contribution in [2.75, 3.05) is 25.0 Å². The second-order valence-electron chi connectivity index (χ2n) is 6.07. The fraction of sp³-hybridized carbons (Fsp3) is 0.316. The summed E-state index contributed by atoms with van der Waals surface area (Å²) in [5.74, 6) is -1.01. The van der Waals surface area contributed by atoms with E-state index >= 15 is 0 Å². The molecule has 1 N–H and O–H groups in total. The zero-order valence-corrected chi connectivity index (χ0v) is 15.0. The van der Waals surface area contributed by atoms with Crippen molar-refractivity contribution < 1.29 is 19.1 Å². The summed E-state index contributed by atoms with van der Waals surface area (Å²) >= 11 is 1.42. The van der Waals surface area contributed by atoms with E-state index in [1.807, 2.05) is 29.6 Å². The van der Waals surface area contributed by atoms with Gasteiger partial charge in [-0.25, -0.2) is 0 Å². The van der Waals surface area contributed by atoms with Crippen molar-refractivity contribution in [3.8, 4) is 0 Å². The number of hydrogen-bond acceptors (Lipinski definition) is 5. The van der Waals surface area contributed by atoms with Gasteiger partial charge in [0.15, 0.2) is 6.61 Å². The predicted octanol–water partition coefficient (Wildman–Crippen LogP) is 2.78. The Kier molecular flexibility index (Phi) is 6.01. The van der Waals surface area contributed by atoms with Crippen LogP contribution in [0, 0.1) is 5.92 Å². The quantitative estimate of drug-likeness (QED) is 0.819. The van der Waals surface area contributed by atoms with Crippen LogP contribution in [-0.2, 0) is 14.3 Å². The van der Waals surface area contributed by atoms with Crippen molar-refractivity contribution in [3.63, 3.8) is 0 Å². The average molecular weight is 372 g/mol. The topological polar surface area (TPSA) is 75.7 Å². The first-order valence-corrected chi connectivity index (χ1v) is 9.36. The van der Waals surface area contributed by atoms with Gasteiger partial charge in [-0.1, -0.05) is 24.3 Å². The highest BCUT2D eigenvalue weighted by Crippen LogP contribution is 2.21. The average Bonchev–Trinajstić information content (AvgIpc) is 3.21. The number of amides is 2. The van der Waals surface area contributed by atoms with Crippen molar-refractivity contribution in [2.45, 2.75) is 12.8 Å². The maximum Gasteiger partial charge on any atom is 0.309 e. The van der Waals surface area contributed by atoms with E-state index in [-0.39, 0.29) is 30.3 Å². The van der Waals surface area contributed by atoms with Crippen LogP contribution in [0.4, 0.5) is 5.69 Å². The summed E-state index contributed by atoms with van der Waals surface area (Å²) < 4.78 is 5.13. The minimum Gasteiger partial charge on any atom is -0.455 e. The number of esters is 1. The number of thiophene rings is 1. The van der Waals surface area contributed by atoms with Crippen LogP contribution in [0.3, 0.4) is 0 Å². The number of piperidine rings is 1. The molecule has 0 unspecified atom stereocenters. The minimum absolute atomic E-state index is 0.00839. The number of carbonyl (C=O) groups is 3. The molecule has 1 aliphatic heterocycles. The fourth-order valence-electron chi connectivity index (χ4n) is 2.85. The summed E-state index contributed by atoms with van der Waals surface area (Å²) in [6, 6.07) is 12.7. The fourth-order valence-corrected chi connectivity index (χ4v) is 3.54. The van der Waals surface area contributed by atoms with Crippen LogP contribution in [0.15, 0.2) is 47.8 Å². The lowest BCUT2D eigenvalue weighted by Crippen LogP contribution is -2.40. The molecule has 0 radical (unpaired) electrons. The Bertz CT molecular complexity index is 753. The molecule has 7 heteroatoms. The smallest absolute Gasteiger partial charge is 0.309 e. The molecule has 1 saturated heterocycles. The predicted molar refractivity (Wildman–Crippen MR) is 99.0 cm³/mol. The lowest BCUT2D eigenvalue weighted by molar-refractivity contribution is -0.152. The van der Waals surface area contributed by atoms with Crippen LogP contribution in [-0.4, -0.2) is 42.4 Å². The van der Waals surface area contributed by atoms with Gasteiger partial charge in [0.2, 0.25) is 0 Å². The van der Waals surface area contributed by atoms with Crippen LogP contribution < -0.4 is 5.32 Å². The van der Waals surface area contributed by atoms with Gasteiger partial charge < -0.3 is 15.0 Å². The first-order valence-electron chi connectivity index (χ1n) is 8.48. The second kappa shape index (κ2) is 8.62. The van der Waals surface area contributed by atoms with E-state index in [0.29, 0.717) is 36.5 Å². The molecule has 1 aliphatic rings. The van der Waals surface area contributed by atoms with Crippen LogP contribution >= 0.6 is 11.3 Å². The van der Waals surface area contributed by atoms with E-state index in [9.17, 15) is 14.4 Å². The third-order valence-corrected chi connectivity index (χ3v) is 5.11. The standard InChI is InChI=1S/C19H20N2O4S/c22-17(20-15-5-2-1-3-6-15)13-25-19(24)14-8-10-21(11-9-14)18(23)16-7-4-12-26-16/h1-7,12,14H,8-11,13H2,(H,20,22). The number of hydrogen-bond donors (Lipinski definition) is 1. The monoisotopic (exact) mass is 372 g/mol. The summed E-state index contributed by atoms with van der Waals surface area (Å²) in [6.45, 7) is 0.738. The van der Waals surface area contributed by atoms with Gasteiger partial charge in [-0.15, -0.1) is 11.3 Å². The number of likely N-dealkylation sites (tertiary alicyclic amines) is 1. The molecule has 0 saturated carbocycles. The second-order valence-corrected chi connectivity index (χ2v) is 7.01. The lowest BCUT2D eigenvalue weighted by atomic mass is 9.97. The Labute approximate surface area is 155 Å². The highest BCUT2D eigenvalue weighted by molar-refractivity contribution is 7.12. The molecule has 2 heterocycles. The van der Waals surface area contributed by atoms with E-state index in [0.717, 1.165) is 0 Å². The first kappa shape index (κ1) is 18.1. The molecule has 6 nitrogen and oxygen atoms in total. The maximum absolute atomic E-state index is 12.3. The summed E-state index contributed by atoms with van der Waals surface area (Å²) in [7, 11) is 0. The van der Waals surface area contributed by atoms with E-state index in [2.05, 4.69) is 5.32 Å². The molecular weight excluding hydrogens is 352 g/mol. The molecule has 1 fully saturated rings. The van der Waals surface area contributed by atoms with Crippen molar-refractivity contribution >= 4 is 34.8 Å². The van der Waals surface area contributed by atoms with Gasteiger partial charge in [-0.3, -0.25) is 14.4 Å². The molecule has 0 spiro atoms.